The summed E-state index contributed by atoms with van der Waals surface area (Å²) < 4.78 is 42.2. The molecule has 10 nitrogen and oxygen atoms in total. The first-order valence-electron chi connectivity index (χ1n) is 26.0. The Morgan fingerprint density at radius 2 is 0.721 bits per heavy atom. The number of nitrogens with zero attached hydrogens (tertiary/aromatic N) is 1. The lowest BCUT2D eigenvalue weighted by Gasteiger charge is -2.21. The van der Waals surface area contributed by atoms with Crippen LogP contribution in [0.3, 0.4) is 0 Å². The predicted octanol–water partition coefficient (Wildman–Crippen LogP) is 13.2. The van der Waals surface area contributed by atoms with Gasteiger partial charge in [-0.2, -0.15) is 0 Å². The molecule has 0 aliphatic carbocycles. The van der Waals surface area contributed by atoms with Crippen LogP contribution in [0.15, 0.2) is 0 Å². The van der Waals surface area contributed by atoms with Crippen LogP contribution in [0, 0.1) is 5.92 Å². The molecule has 0 aromatic rings. The Kier molecular flexibility index (Phi) is 47.1. The normalized spacial score (nSPS) is 11.8. The fraction of sp³-hybridized carbons (Fsp3) is 0.961. The Morgan fingerprint density at radius 3 is 1.05 bits per heavy atom. The highest BCUT2D eigenvalue weighted by Gasteiger charge is 2.19. The molecule has 0 atom stereocenters. The van der Waals surface area contributed by atoms with Crippen LogP contribution in [0.2, 0.25) is 0 Å². The second-order valence-electron chi connectivity index (χ2n) is 17.2. The molecular weight excluding hydrogens is 771 g/mol. The predicted molar refractivity (Wildman–Crippen MR) is 252 cm³/mol. The zero-order valence-electron chi connectivity index (χ0n) is 41.1. The van der Waals surface area contributed by atoms with E-state index in [-0.39, 0.29) is 43.9 Å². The number of esters is 2. The lowest BCUT2D eigenvalue weighted by molar-refractivity contribution is -0.163. The molecule has 0 saturated carbocycles. The van der Waals surface area contributed by atoms with E-state index in [1.807, 2.05) is 0 Å². The first-order chi connectivity index (χ1) is 29.9. The van der Waals surface area contributed by atoms with Crippen molar-refractivity contribution in [1.82, 2.24) is 4.90 Å². The number of unbranched alkanes of at least 4 members (excludes halogenated alkanes) is 20. The lowest BCUT2D eigenvalue weighted by atomic mass is 10.1. The molecule has 0 N–H and O–H groups in total. The van der Waals surface area contributed by atoms with Gasteiger partial charge in [-0.15, -0.1) is 0 Å². The van der Waals surface area contributed by atoms with Crippen molar-refractivity contribution >= 4 is 11.9 Å². The molecule has 0 heterocycles. The Morgan fingerprint density at radius 1 is 0.393 bits per heavy atom. The van der Waals surface area contributed by atoms with Crippen LogP contribution < -0.4 is 0 Å². The second kappa shape index (κ2) is 48.2. The van der Waals surface area contributed by atoms with E-state index in [9.17, 15) is 9.59 Å². The van der Waals surface area contributed by atoms with E-state index < -0.39 is 12.6 Å². The molecule has 0 aromatic heterocycles. The van der Waals surface area contributed by atoms with Gasteiger partial charge in [-0.05, 0) is 45.2 Å². The fourth-order valence-corrected chi connectivity index (χ4v) is 7.18. The number of rotatable bonds is 50. The molecule has 0 fully saturated rings. The van der Waals surface area contributed by atoms with E-state index in [0.29, 0.717) is 52.5 Å². The van der Waals surface area contributed by atoms with E-state index in [2.05, 4.69) is 46.4 Å². The minimum atomic E-state index is -0.418. The third-order valence-electron chi connectivity index (χ3n) is 11.3. The zero-order chi connectivity index (χ0) is 44.7. The molecule has 0 aliphatic rings. The molecule has 0 aromatic carbocycles. The van der Waals surface area contributed by atoms with Crippen molar-refractivity contribution in [3.05, 3.63) is 0 Å². The minimum absolute atomic E-state index is 0.120. The van der Waals surface area contributed by atoms with Crippen molar-refractivity contribution in [2.75, 3.05) is 72.5 Å². The third-order valence-corrected chi connectivity index (χ3v) is 11.3. The van der Waals surface area contributed by atoms with Gasteiger partial charge in [0.15, 0.2) is 12.6 Å². The highest BCUT2D eigenvalue weighted by Crippen LogP contribution is 2.15. The maximum absolute atomic E-state index is 13.1. The summed E-state index contributed by atoms with van der Waals surface area (Å²) in [6.45, 7) is 20.0. The summed E-state index contributed by atoms with van der Waals surface area (Å²) >= 11 is 0. The quantitative estimate of drug-likeness (QED) is 0.0333. The minimum Gasteiger partial charge on any atom is -0.465 e. The van der Waals surface area contributed by atoms with Gasteiger partial charge in [0.2, 0.25) is 0 Å². The molecule has 0 radical (unpaired) electrons. The van der Waals surface area contributed by atoms with E-state index in [0.717, 1.165) is 77.4 Å². The van der Waals surface area contributed by atoms with Crippen LogP contribution >= 0.6 is 0 Å². The zero-order valence-corrected chi connectivity index (χ0v) is 41.1. The van der Waals surface area contributed by atoms with Crippen molar-refractivity contribution in [3.63, 3.8) is 0 Å². The molecule has 61 heavy (non-hydrogen) atoms. The van der Waals surface area contributed by atoms with Crippen LogP contribution in [-0.2, 0) is 42.7 Å². The number of hydrogen-bond acceptors (Lipinski definition) is 10. The Balaban J connectivity index is 5.15. The van der Waals surface area contributed by atoms with Crippen LogP contribution in [0.25, 0.3) is 0 Å². The number of carbonyl (C=O) groups excluding carboxylic acids is 2. The largest absolute Gasteiger partial charge is 0.465 e. The molecule has 364 valence electrons. The summed E-state index contributed by atoms with van der Waals surface area (Å²) in [4.78, 5) is 28.5. The van der Waals surface area contributed by atoms with Gasteiger partial charge in [0.1, 0.15) is 0 Å². The average Bonchev–Trinajstić information content (AvgIpc) is 3.27. The first kappa shape index (κ1) is 59.7. The van der Waals surface area contributed by atoms with Crippen molar-refractivity contribution in [1.29, 1.82) is 0 Å². The molecule has 0 amide bonds. The second-order valence-corrected chi connectivity index (χ2v) is 17.2. The maximum Gasteiger partial charge on any atom is 0.305 e. The summed E-state index contributed by atoms with van der Waals surface area (Å²) in [5.74, 6) is -0.877. The van der Waals surface area contributed by atoms with Gasteiger partial charge in [-0.1, -0.05) is 170 Å². The lowest BCUT2D eigenvalue weighted by Crippen LogP contribution is -2.28. The molecule has 0 bridgehead atoms. The van der Waals surface area contributed by atoms with Gasteiger partial charge in [0, 0.05) is 52.4 Å². The maximum atomic E-state index is 13.1. The average molecular weight is 872 g/mol. The van der Waals surface area contributed by atoms with Gasteiger partial charge < -0.3 is 38.1 Å². The number of hydrogen-bond donors (Lipinski definition) is 0. The van der Waals surface area contributed by atoms with E-state index in [1.54, 1.807) is 0 Å². The molecule has 10 heteroatoms. The summed E-state index contributed by atoms with van der Waals surface area (Å²) in [5, 5.41) is 0. The summed E-state index contributed by atoms with van der Waals surface area (Å²) in [5.41, 5.74) is 0. The van der Waals surface area contributed by atoms with Gasteiger partial charge >= 0.3 is 11.9 Å². The van der Waals surface area contributed by atoms with E-state index in [1.165, 1.54) is 103 Å². The number of ether oxygens (including phenoxy) is 7. The van der Waals surface area contributed by atoms with Crippen molar-refractivity contribution in [3.8, 4) is 0 Å². The van der Waals surface area contributed by atoms with Crippen molar-refractivity contribution in [2.24, 2.45) is 5.92 Å². The summed E-state index contributed by atoms with van der Waals surface area (Å²) in [6, 6.07) is 0. The van der Waals surface area contributed by atoms with E-state index in [4.69, 9.17) is 33.2 Å². The summed E-state index contributed by atoms with van der Waals surface area (Å²) in [6.07, 6.45) is 30.0. The van der Waals surface area contributed by atoms with Crippen LogP contribution in [0.4, 0.5) is 0 Å². The monoisotopic (exact) mass is 872 g/mol. The van der Waals surface area contributed by atoms with Gasteiger partial charge in [-0.25, -0.2) is 0 Å². The molecule has 0 aliphatic heterocycles. The fourth-order valence-electron chi connectivity index (χ4n) is 7.18. The standard InChI is InChI=1S/C51H101NO9/c1-7-13-17-21-25-29-40-56-50(57-41-30-26-22-18-14-8-2)36-34-48(53)60-45-47(44-55-39-33-38-52(11-5)12-6)46-61-49(54)35-37-51(58-42-31-27-23-19-15-9-3)59-43-32-28-24-20-16-10-4/h47,50-51H,7-46H2,1-6H3. The molecule has 0 saturated heterocycles. The third kappa shape index (κ3) is 42.4. The van der Waals surface area contributed by atoms with Crippen LogP contribution in [-0.4, -0.2) is 102 Å². The molecule has 0 unspecified atom stereocenters. The Hall–Kier alpha value is -1.30. The highest BCUT2D eigenvalue weighted by atomic mass is 16.7. The van der Waals surface area contributed by atoms with Gasteiger partial charge in [0.25, 0.3) is 0 Å². The van der Waals surface area contributed by atoms with Crippen LogP contribution in [0.5, 0.6) is 0 Å². The number of carbonyl (C=O) groups is 2. The molecule has 0 rings (SSSR count). The Bertz CT molecular complexity index is 809. The van der Waals surface area contributed by atoms with Gasteiger partial charge in [0.05, 0.1) is 38.6 Å². The van der Waals surface area contributed by atoms with Crippen molar-refractivity contribution in [2.45, 2.75) is 240 Å². The SMILES string of the molecule is CCCCCCCCOC(CCC(=O)OCC(COCCCN(CC)CC)COC(=O)CCC(OCCCCCCCC)OCCCCCCCC)OCCCCCCCC. The highest BCUT2D eigenvalue weighted by molar-refractivity contribution is 5.69. The smallest absolute Gasteiger partial charge is 0.305 e. The molecular formula is C51H101NO9. The topological polar surface area (TPSA) is 102 Å². The van der Waals surface area contributed by atoms with Gasteiger partial charge in [-0.3, -0.25) is 9.59 Å². The van der Waals surface area contributed by atoms with Crippen molar-refractivity contribution < 1.29 is 42.7 Å². The van der Waals surface area contributed by atoms with Crippen LogP contribution in [0.1, 0.15) is 228 Å². The van der Waals surface area contributed by atoms with E-state index >= 15 is 0 Å². The molecule has 0 spiro atoms. The summed E-state index contributed by atoms with van der Waals surface area (Å²) in [7, 11) is 0. The first-order valence-corrected chi connectivity index (χ1v) is 26.0. The Labute approximate surface area is 377 Å².